The van der Waals surface area contributed by atoms with Gasteiger partial charge in [0.2, 0.25) is 0 Å². The van der Waals surface area contributed by atoms with Crippen molar-refractivity contribution in [3.05, 3.63) is 70.2 Å². The van der Waals surface area contributed by atoms with Gasteiger partial charge in [-0.25, -0.2) is 0 Å². The zero-order valence-electron chi connectivity index (χ0n) is 11.9. The van der Waals surface area contributed by atoms with Crippen LogP contribution in [-0.2, 0) is 6.42 Å². The molecule has 0 saturated heterocycles. The lowest BCUT2D eigenvalue weighted by Crippen LogP contribution is -2.25. The first kappa shape index (κ1) is 15.0. The van der Waals surface area contributed by atoms with Gasteiger partial charge in [-0.05, 0) is 24.5 Å². The zero-order valence-corrected chi connectivity index (χ0v) is 13.5. The summed E-state index contributed by atoms with van der Waals surface area (Å²) in [5.41, 5.74) is 1.70. The van der Waals surface area contributed by atoms with E-state index in [-0.39, 0.29) is 11.2 Å². The Morgan fingerprint density at radius 1 is 1.00 bits per heavy atom. The molecule has 1 nitrogen and oxygen atoms in total. The molecule has 0 aromatic heterocycles. The first-order valence-corrected chi connectivity index (χ1v) is 7.63. The lowest BCUT2D eigenvalue weighted by Gasteiger charge is -2.23. The molecule has 20 heavy (non-hydrogen) atoms. The van der Waals surface area contributed by atoms with Crippen molar-refractivity contribution < 1.29 is 4.79 Å². The predicted octanol–water partition coefficient (Wildman–Crippen LogP) is 5.29. The third-order valence-corrected chi connectivity index (χ3v) is 4.40. The molecule has 2 aromatic carbocycles. The van der Waals surface area contributed by atoms with Crippen LogP contribution in [0.4, 0.5) is 0 Å². The molecule has 0 N–H and O–H groups in total. The average molecular weight is 331 g/mol. The predicted molar refractivity (Wildman–Crippen MR) is 87.0 cm³/mol. The molecule has 0 fully saturated rings. The second kappa shape index (κ2) is 6.36. The van der Waals surface area contributed by atoms with Crippen molar-refractivity contribution in [2.45, 2.75) is 26.7 Å². The van der Waals surface area contributed by atoms with Gasteiger partial charge in [-0.2, -0.15) is 0 Å². The zero-order chi connectivity index (χ0) is 14.6. The number of halogens is 1. The van der Waals surface area contributed by atoms with Gasteiger partial charge in [0.05, 0.1) is 0 Å². The number of ketones is 1. The molecular weight excluding hydrogens is 312 g/mol. The van der Waals surface area contributed by atoms with E-state index in [9.17, 15) is 4.79 Å². The van der Waals surface area contributed by atoms with Crippen molar-refractivity contribution in [3.63, 3.8) is 0 Å². The topological polar surface area (TPSA) is 17.1 Å². The molecule has 0 amide bonds. The lowest BCUT2D eigenvalue weighted by molar-refractivity contribution is 0.0827. The Hall–Kier alpha value is -1.41. The number of carbonyl (C=O) groups excluding carboxylic acids is 1. The Balaban J connectivity index is 2.08. The molecule has 0 spiro atoms. The maximum atomic E-state index is 12.6. The van der Waals surface area contributed by atoms with Crippen LogP contribution >= 0.6 is 15.9 Å². The summed E-state index contributed by atoms with van der Waals surface area (Å²) in [4.78, 5) is 12.6. The van der Waals surface area contributed by atoms with Crippen LogP contribution in [0.2, 0.25) is 0 Å². The summed E-state index contributed by atoms with van der Waals surface area (Å²) in [5.74, 6) is 0.213. The van der Waals surface area contributed by atoms with Crippen molar-refractivity contribution in [1.82, 2.24) is 0 Å². The number of hydrogen-bond acceptors (Lipinski definition) is 1. The van der Waals surface area contributed by atoms with Crippen molar-refractivity contribution in [1.29, 1.82) is 0 Å². The Labute approximate surface area is 129 Å². The highest BCUT2D eigenvalue weighted by Crippen LogP contribution is 2.29. The monoisotopic (exact) mass is 330 g/mol. The van der Waals surface area contributed by atoms with Crippen LogP contribution in [0.1, 0.15) is 36.2 Å². The Morgan fingerprint density at radius 2 is 1.60 bits per heavy atom. The number of benzene rings is 2. The third kappa shape index (κ3) is 3.57. The van der Waals surface area contributed by atoms with Gasteiger partial charge >= 0.3 is 0 Å². The van der Waals surface area contributed by atoms with Crippen molar-refractivity contribution in [2.24, 2.45) is 5.41 Å². The number of carbonyl (C=O) groups is 1. The van der Waals surface area contributed by atoms with E-state index in [2.05, 4.69) is 22.0 Å². The summed E-state index contributed by atoms with van der Waals surface area (Å²) in [7, 11) is 0. The van der Waals surface area contributed by atoms with E-state index < -0.39 is 0 Å². The van der Waals surface area contributed by atoms with Crippen molar-refractivity contribution >= 4 is 21.7 Å². The third-order valence-electron chi connectivity index (χ3n) is 3.63. The quantitative estimate of drug-likeness (QED) is 0.680. The first-order chi connectivity index (χ1) is 9.50. The second-order valence-corrected chi connectivity index (χ2v) is 6.52. The van der Waals surface area contributed by atoms with E-state index in [1.807, 2.05) is 62.4 Å². The highest BCUT2D eigenvalue weighted by Gasteiger charge is 2.28. The van der Waals surface area contributed by atoms with Crippen LogP contribution in [-0.4, -0.2) is 5.78 Å². The number of rotatable bonds is 5. The SMILES string of the molecule is CC(C)(CCc1ccccc1Br)C(=O)c1ccccc1. The summed E-state index contributed by atoms with van der Waals surface area (Å²) in [6, 6.07) is 17.7. The standard InChI is InChI=1S/C18H19BrO/c1-18(2,17(20)15-9-4-3-5-10-15)13-12-14-8-6-7-11-16(14)19/h3-11H,12-13H2,1-2H3. The van der Waals surface area contributed by atoms with Crippen molar-refractivity contribution in [2.75, 3.05) is 0 Å². The van der Waals surface area contributed by atoms with Crippen LogP contribution in [0.15, 0.2) is 59.1 Å². The van der Waals surface area contributed by atoms with Gasteiger partial charge in [0, 0.05) is 15.5 Å². The van der Waals surface area contributed by atoms with E-state index in [0.717, 1.165) is 22.9 Å². The van der Waals surface area contributed by atoms with Crippen LogP contribution in [0.25, 0.3) is 0 Å². The van der Waals surface area contributed by atoms with E-state index >= 15 is 0 Å². The van der Waals surface area contributed by atoms with Gasteiger partial charge in [-0.3, -0.25) is 4.79 Å². The molecule has 104 valence electrons. The van der Waals surface area contributed by atoms with E-state index in [0.29, 0.717) is 0 Å². The van der Waals surface area contributed by atoms with Crippen LogP contribution in [0.5, 0.6) is 0 Å². The molecule has 0 saturated carbocycles. The fourth-order valence-corrected chi connectivity index (χ4v) is 2.73. The molecule has 2 heteroatoms. The van der Waals surface area contributed by atoms with Crippen LogP contribution in [0.3, 0.4) is 0 Å². The Morgan fingerprint density at radius 3 is 2.25 bits per heavy atom. The van der Waals surface area contributed by atoms with Gasteiger partial charge < -0.3 is 0 Å². The second-order valence-electron chi connectivity index (χ2n) is 5.67. The Bertz CT molecular complexity index is 587. The lowest BCUT2D eigenvalue weighted by atomic mass is 9.79. The Kier molecular flexibility index (Phi) is 4.77. The molecule has 0 atom stereocenters. The molecule has 0 bridgehead atoms. The van der Waals surface area contributed by atoms with E-state index in [1.165, 1.54) is 5.56 Å². The maximum Gasteiger partial charge on any atom is 0.168 e. The normalized spacial score (nSPS) is 11.3. The van der Waals surface area contributed by atoms with E-state index in [4.69, 9.17) is 0 Å². The van der Waals surface area contributed by atoms with Crippen molar-refractivity contribution in [3.8, 4) is 0 Å². The molecule has 0 heterocycles. The summed E-state index contributed by atoms with van der Waals surface area (Å²) in [6.07, 6.45) is 1.73. The van der Waals surface area contributed by atoms with Crippen LogP contribution < -0.4 is 0 Å². The minimum absolute atomic E-state index is 0.213. The minimum atomic E-state index is -0.351. The van der Waals surface area contributed by atoms with E-state index in [1.54, 1.807) is 0 Å². The maximum absolute atomic E-state index is 12.6. The highest BCUT2D eigenvalue weighted by atomic mass is 79.9. The minimum Gasteiger partial charge on any atom is -0.294 e. The summed E-state index contributed by atoms with van der Waals surface area (Å²) in [6.45, 7) is 4.05. The van der Waals surface area contributed by atoms with Gasteiger partial charge in [0.15, 0.2) is 5.78 Å². The highest BCUT2D eigenvalue weighted by molar-refractivity contribution is 9.10. The number of Topliss-reactive ketones (excluding diaryl/α,β-unsaturated/α-hetero) is 1. The molecule has 0 aliphatic heterocycles. The fraction of sp³-hybridized carbons (Fsp3) is 0.278. The molecule has 0 unspecified atom stereocenters. The summed E-state index contributed by atoms with van der Waals surface area (Å²) >= 11 is 3.56. The summed E-state index contributed by atoms with van der Waals surface area (Å²) in [5, 5.41) is 0. The molecule has 2 rings (SSSR count). The molecule has 0 aliphatic rings. The molecule has 0 radical (unpaired) electrons. The van der Waals surface area contributed by atoms with Gasteiger partial charge in [-0.15, -0.1) is 0 Å². The van der Waals surface area contributed by atoms with Gasteiger partial charge in [-0.1, -0.05) is 78.3 Å². The first-order valence-electron chi connectivity index (χ1n) is 6.84. The fourth-order valence-electron chi connectivity index (χ4n) is 2.24. The molecular formula is C18H19BrO. The average Bonchev–Trinajstić information content (AvgIpc) is 2.46. The van der Waals surface area contributed by atoms with Gasteiger partial charge in [0.1, 0.15) is 0 Å². The van der Waals surface area contributed by atoms with Gasteiger partial charge in [0.25, 0.3) is 0 Å². The largest absolute Gasteiger partial charge is 0.294 e. The number of hydrogen-bond donors (Lipinski definition) is 0. The molecule has 0 aliphatic carbocycles. The number of aryl methyl sites for hydroxylation is 1. The van der Waals surface area contributed by atoms with Crippen LogP contribution in [0, 0.1) is 5.41 Å². The molecule has 2 aromatic rings. The smallest absolute Gasteiger partial charge is 0.168 e. The summed E-state index contributed by atoms with van der Waals surface area (Å²) < 4.78 is 1.11.